The summed E-state index contributed by atoms with van der Waals surface area (Å²) < 4.78 is 1.87. The fourth-order valence-electron chi connectivity index (χ4n) is 2.46. The highest BCUT2D eigenvalue weighted by molar-refractivity contribution is 6.31. The second-order valence-electron chi connectivity index (χ2n) is 4.67. The minimum Gasteiger partial charge on any atom is -0.249 e. The van der Waals surface area contributed by atoms with Gasteiger partial charge in [0.2, 0.25) is 0 Å². The number of hydrogen-bond acceptors (Lipinski definition) is 1. The molecule has 3 rings (SSSR count). The van der Waals surface area contributed by atoms with Crippen LogP contribution in [0.3, 0.4) is 0 Å². The summed E-state index contributed by atoms with van der Waals surface area (Å²) in [5.41, 5.74) is 3.45. The lowest BCUT2D eigenvalue weighted by Crippen LogP contribution is -2.03. The van der Waals surface area contributed by atoms with E-state index in [2.05, 4.69) is 5.10 Å². The van der Waals surface area contributed by atoms with Crippen LogP contribution in [0.5, 0.6) is 0 Å². The molecule has 0 bridgehead atoms. The molecular weight excluding hydrogens is 267 g/mol. The van der Waals surface area contributed by atoms with E-state index in [9.17, 15) is 0 Å². The molecule has 0 spiro atoms. The van der Waals surface area contributed by atoms with Crippen molar-refractivity contribution in [2.45, 2.75) is 32.2 Å². The van der Waals surface area contributed by atoms with Crippen LogP contribution in [0.1, 0.15) is 29.7 Å². The highest BCUT2D eigenvalue weighted by atomic mass is 35.5. The van der Waals surface area contributed by atoms with Crippen LogP contribution in [0.15, 0.2) is 24.3 Å². The summed E-state index contributed by atoms with van der Waals surface area (Å²) in [5, 5.41) is 6.16. The van der Waals surface area contributed by atoms with E-state index in [1.807, 2.05) is 28.9 Å². The molecule has 2 nitrogen and oxygen atoms in total. The molecule has 0 atom stereocenters. The summed E-state index contributed by atoms with van der Waals surface area (Å²) in [5.74, 6) is 0. The Morgan fingerprint density at radius 2 is 1.89 bits per heavy atom. The first kappa shape index (κ1) is 12.1. The molecule has 0 saturated carbocycles. The van der Waals surface area contributed by atoms with Crippen LogP contribution in [0, 0.1) is 0 Å². The fourth-order valence-corrected chi connectivity index (χ4v) is 2.96. The van der Waals surface area contributed by atoms with Crippen molar-refractivity contribution < 1.29 is 0 Å². The predicted molar refractivity (Wildman–Crippen MR) is 74.4 cm³/mol. The first-order valence-corrected chi connectivity index (χ1v) is 6.99. The van der Waals surface area contributed by atoms with Crippen LogP contribution >= 0.6 is 23.2 Å². The zero-order valence-electron chi connectivity index (χ0n) is 10.00. The lowest BCUT2D eigenvalue weighted by molar-refractivity contribution is 0.646. The van der Waals surface area contributed by atoms with E-state index in [0.717, 1.165) is 28.6 Å². The lowest BCUT2D eigenvalue weighted by atomic mass is 9.99. The Morgan fingerprint density at radius 3 is 2.67 bits per heavy atom. The molecule has 0 N–H and O–H groups in total. The summed E-state index contributed by atoms with van der Waals surface area (Å²) in [6, 6.07) is 7.83. The van der Waals surface area contributed by atoms with Gasteiger partial charge in [-0.05, 0) is 37.3 Å². The molecule has 0 amide bonds. The highest BCUT2D eigenvalue weighted by Gasteiger charge is 2.19. The van der Waals surface area contributed by atoms with Gasteiger partial charge in [0.05, 0.1) is 12.2 Å². The SMILES string of the molecule is Clc1ccccc1Cn1nc2c(c1Cl)CCCC2. The molecule has 0 radical (unpaired) electrons. The van der Waals surface area contributed by atoms with Gasteiger partial charge >= 0.3 is 0 Å². The van der Waals surface area contributed by atoms with Gasteiger partial charge < -0.3 is 0 Å². The van der Waals surface area contributed by atoms with Gasteiger partial charge in [0.15, 0.2) is 0 Å². The van der Waals surface area contributed by atoms with Crippen molar-refractivity contribution in [1.82, 2.24) is 9.78 Å². The van der Waals surface area contributed by atoms with Crippen molar-refractivity contribution in [1.29, 1.82) is 0 Å². The maximum atomic E-state index is 6.40. The molecule has 0 unspecified atom stereocenters. The van der Waals surface area contributed by atoms with E-state index in [0.29, 0.717) is 6.54 Å². The minimum atomic E-state index is 0.644. The molecule has 1 aliphatic rings. The zero-order chi connectivity index (χ0) is 12.5. The standard InChI is InChI=1S/C14H14Cl2N2/c15-12-7-3-1-5-10(12)9-18-14(16)11-6-2-4-8-13(11)17-18/h1,3,5,7H,2,4,6,8-9H2. The van der Waals surface area contributed by atoms with Gasteiger partial charge in [-0.1, -0.05) is 41.4 Å². The van der Waals surface area contributed by atoms with Crippen LogP contribution in [-0.2, 0) is 19.4 Å². The third-order valence-corrected chi connectivity index (χ3v) is 4.23. The van der Waals surface area contributed by atoms with Crippen LogP contribution in [0.2, 0.25) is 10.2 Å². The van der Waals surface area contributed by atoms with Crippen molar-refractivity contribution in [3.63, 3.8) is 0 Å². The van der Waals surface area contributed by atoms with Crippen molar-refractivity contribution in [3.8, 4) is 0 Å². The average Bonchev–Trinajstić information content (AvgIpc) is 2.70. The van der Waals surface area contributed by atoms with Crippen molar-refractivity contribution >= 4 is 23.2 Å². The Labute approximate surface area is 117 Å². The van der Waals surface area contributed by atoms with Gasteiger partial charge in [-0.2, -0.15) is 5.10 Å². The minimum absolute atomic E-state index is 0.644. The number of halogens is 2. The second kappa shape index (κ2) is 4.94. The first-order valence-electron chi connectivity index (χ1n) is 6.23. The van der Waals surface area contributed by atoms with E-state index in [4.69, 9.17) is 23.2 Å². The number of benzene rings is 1. The topological polar surface area (TPSA) is 17.8 Å². The second-order valence-corrected chi connectivity index (χ2v) is 5.44. The molecule has 94 valence electrons. The summed E-state index contributed by atoms with van der Waals surface area (Å²) in [6.45, 7) is 0.644. The molecule has 2 aromatic rings. The Morgan fingerprint density at radius 1 is 1.11 bits per heavy atom. The van der Waals surface area contributed by atoms with Gasteiger partial charge in [0.25, 0.3) is 0 Å². The molecule has 1 aliphatic carbocycles. The smallest absolute Gasteiger partial charge is 0.130 e. The van der Waals surface area contributed by atoms with Crippen molar-refractivity contribution in [2.75, 3.05) is 0 Å². The fraction of sp³-hybridized carbons (Fsp3) is 0.357. The summed E-state index contributed by atoms with van der Waals surface area (Å²) >= 11 is 12.6. The molecule has 0 aliphatic heterocycles. The van der Waals surface area contributed by atoms with E-state index < -0.39 is 0 Å². The maximum absolute atomic E-state index is 6.40. The average molecular weight is 281 g/mol. The molecule has 1 heterocycles. The third kappa shape index (κ3) is 2.15. The van der Waals surface area contributed by atoms with E-state index in [1.165, 1.54) is 24.1 Å². The maximum Gasteiger partial charge on any atom is 0.130 e. The van der Waals surface area contributed by atoms with Crippen LogP contribution in [0.4, 0.5) is 0 Å². The Hall–Kier alpha value is -0.990. The number of nitrogens with zero attached hydrogens (tertiary/aromatic N) is 2. The number of rotatable bonds is 2. The largest absolute Gasteiger partial charge is 0.249 e. The van der Waals surface area contributed by atoms with Gasteiger partial charge in [0, 0.05) is 10.6 Å². The van der Waals surface area contributed by atoms with E-state index in [-0.39, 0.29) is 0 Å². The summed E-state index contributed by atoms with van der Waals surface area (Å²) in [6.07, 6.45) is 4.53. The highest BCUT2D eigenvalue weighted by Crippen LogP contribution is 2.28. The van der Waals surface area contributed by atoms with Crippen LogP contribution < -0.4 is 0 Å². The van der Waals surface area contributed by atoms with Crippen molar-refractivity contribution in [2.24, 2.45) is 0 Å². The summed E-state index contributed by atoms with van der Waals surface area (Å²) in [4.78, 5) is 0. The van der Waals surface area contributed by atoms with E-state index >= 15 is 0 Å². The van der Waals surface area contributed by atoms with Gasteiger partial charge in [-0.25, -0.2) is 4.68 Å². The Balaban J connectivity index is 1.94. The Kier molecular flexibility index (Phi) is 3.31. The molecule has 1 aromatic carbocycles. The number of fused-ring (bicyclic) bond motifs is 1. The molecule has 1 aromatic heterocycles. The monoisotopic (exact) mass is 280 g/mol. The van der Waals surface area contributed by atoms with Crippen LogP contribution in [0.25, 0.3) is 0 Å². The molecule has 0 saturated heterocycles. The summed E-state index contributed by atoms with van der Waals surface area (Å²) in [7, 11) is 0. The quantitative estimate of drug-likeness (QED) is 0.809. The predicted octanol–water partition coefficient (Wildman–Crippen LogP) is 4.12. The van der Waals surface area contributed by atoms with Gasteiger partial charge in [-0.3, -0.25) is 0 Å². The molecular formula is C14H14Cl2N2. The molecule has 4 heteroatoms. The Bertz CT molecular complexity index is 575. The van der Waals surface area contributed by atoms with E-state index in [1.54, 1.807) is 0 Å². The lowest BCUT2D eigenvalue weighted by Gasteiger charge is -2.08. The molecule has 18 heavy (non-hydrogen) atoms. The normalized spacial score (nSPS) is 14.6. The van der Waals surface area contributed by atoms with Crippen LogP contribution in [-0.4, -0.2) is 9.78 Å². The van der Waals surface area contributed by atoms with Gasteiger partial charge in [0.1, 0.15) is 5.15 Å². The number of aromatic nitrogens is 2. The third-order valence-electron chi connectivity index (χ3n) is 3.43. The molecule has 0 fully saturated rings. The number of aryl methyl sites for hydroxylation is 1. The zero-order valence-corrected chi connectivity index (χ0v) is 11.5. The first-order chi connectivity index (χ1) is 8.75. The van der Waals surface area contributed by atoms with Gasteiger partial charge in [-0.15, -0.1) is 0 Å². The van der Waals surface area contributed by atoms with Crippen molar-refractivity contribution in [3.05, 3.63) is 51.3 Å². The number of hydrogen-bond donors (Lipinski definition) is 0.